The summed E-state index contributed by atoms with van der Waals surface area (Å²) in [6.07, 6.45) is 0.352. The van der Waals surface area contributed by atoms with Crippen LogP contribution in [0.1, 0.15) is 18.9 Å². The van der Waals surface area contributed by atoms with Gasteiger partial charge in [-0.15, -0.1) is 0 Å². The molecule has 1 heterocycles. The molecule has 2 atom stereocenters. The lowest BCUT2D eigenvalue weighted by atomic mass is 9.90. The highest BCUT2D eigenvalue weighted by atomic mass is 35.5. The van der Waals surface area contributed by atoms with Gasteiger partial charge in [0.05, 0.1) is 23.3 Å². The number of benzene rings is 1. The van der Waals surface area contributed by atoms with Crippen LogP contribution >= 0.6 is 23.2 Å². The Hall–Kier alpha value is -0.350. The predicted octanol–water partition coefficient (Wildman–Crippen LogP) is 3.56. The van der Waals surface area contributed by atoms with E-state index in [2.05, 4.69) is 5.32 Å². The summed E-state index contributed by atoms with van der Waals surface area (Å²) in [6.45, 7) is 3.55. The quantitative estimate of drug-likeness (QED) is 0.919. The summed E-state index contributed by atoms with van der Waals surface area (Å²) in [7, 11) is 0. The minimum absolute atomic E-state index is 0.0307. The highest BCUT2D eigenvalue weighted by Gasteiger charge is 2.31. The van der Waals surface area contributed by atoms with Gasteiger partial charge in [0, 0.05) is 19.0 Å². The van der Waals surface area contributed by atoms with Gasteiger partial charge in [0.2, 0.25) is 0 Å². The standard InChI is InChI=1S/C13H16Cl2FNO/c1-13(16,7-10-8-18-5-4-17-10)9-2-3-11(14)12(15)6-9/h2-3,6,10,17H,4-5,7-8H2,1H3. The number of rotatable bonds is 3. The van der Waals surface area contributed by atoms with Crippen molar-refractivity contribution in [2.24, 2.45) is 0 Å². The van der Waals surface area contributed by atoms with Crippen LogP contribution in [0.3, 0.4) is 0 Å². The number of hydrogen-bond acceptors (Lipinski definition) is 2. The van der Waals surface area contributed by atoms with Gasteiger partial charge >= 0.3 is 0 Å². The van der Waals surface area contributed by atoms with Gasteiger partial charge in [-0.25, -0.2) is 4.39 Å². The number of hydrogen-bond donors (Lipinski definition) is 1. The number of halogens is 3. The molecule has 1 aromatic rings. The van der Waals surface area contributed by atoms with E-state index in [-0.39, 0.29) is 6.04 Å². The molecule has 0 aliphatic carbocycles. The summed E-state index contributed by atoms with van der Waals surface area (Å²) in [5, 5.41) is 4.07. The first-order valence-electron chi connectivity index (χ1n) is 5.94. The average molecular weight is 292 g/mol. The molecule has 0 aromatic heterocycles. The second kappa shape index (κ2) is 5.74. The highest BCUT2D eigenvalue weighted by Crippen LogP contribution is 2.34. The Kier molecular flexibility index (Phi) is 4.49. The molecule has 2 unspecified atom stereocenters. The normalized spacial score (nSPS) is 23.7. The zero-order valence-electron chi connectivity index (χ0n) is 10.2. The molecule has 0 amide bonds. The molecule has 100 valence electrons. The maximum Gasteiger partial charge on any atom is 0.134 e. The molecule has 2 nitrogen and oxygen atoms in total. The zero-order valence-corrected chi connectivity index (χ0v) is 11.7. The molecule has 0 bridgehead atoms. The largest absolute Gasteiger partial charge is 0.379 e. The smallest absolute Gasteiger partial charge is 0.134 e. The van der Waals surface area contributed by atoms with Crippen LogP contribution in [0.2, 0.25) is 10.0 Å². The van der Waals surface area contributed by atoms with Gasteiger partial charge in [0.25, 0.3) is 0 Å². The van der Waals surface area contributed by atoms with E-state index < -0.39 is 5.67 Å². The Morgan fingerprint density at radius 3 is 2.83 bits per heavy atom. The summed E-state index contributed by atoms with van der Waals surface area (Å²) in [5.41, 5.74) is -0.906. The summed E-state index contributed by atoms with van der Waals surface area (Å²) >= 11 is 11.8. The Morgan fingerprint density at radius 1 is 1.44 bits per heavy atom. The summed E-state index contributed by atoms with van der Waals surface area (Å²) < 4.78 is 20.1. The maximum atomic E-state index is 14.7. The second-order valence-corrected chi connectivity index (χ2v) is 5.57. The van der Waals surface area contributed by atoms with E-state index in [1.165, 1.54) is 0 Å². The van der Waals surface area contributed by atoms with Crippen molar-refractivity contribution in [2.45, 2.75) is 25.1 Å². The minimum Gasteiger partial charge on any atom is -0.379 e. The lowest BCUT2D eigenvalue weighted by molar-refractivity contribution is 0.0474. The number of nitrogens with one attached hydrogen (secondary N) is 1. The van der Waals surface area contributed by atoms with Gasteiger partial charge in [-0.2, -0.15) is 0 Å². The molecule has 1 fully saturated rings. The summed E-state index contributed by atoms with van der Waals surface area (Å²) in [6, 6.07) is 4.93. The predicted molar refractivity (Wildman–Crippen MR) is 72.1 cm³/mol. The van der Waals surface area contributed by atoms with Crippen molar-refractivity contribution < 1.29 is 9.13 Å². The molecule has 1 saturated heterocycles. The van der Waals surface area contributed by atoms with Crippen LogP contribution in [0.5, 0.6) is 0 Å². The molecule has 1 aliphatic heterocycles. The van der Waals surface area contributed by atoms with Gasteiger partial charge in [-0.05, 0) is 24.6 Å². The molecule has 0 saturated carbocycles. The fraction of sp³-hybridized carbons (Fsp3) is 0.538. The minimum atomic E-state index is -1.45. The molecular weight excluding hydrogens is 276 g/mol. The monoisotopic (exact) mass is 291 g/mol. The van der Waals surface area contributed by atoms with Crippen LogP contribution in [0.25, 0.3) is 0 Å². The van der Waals surface area contributed by atoms with Crippen molar-refractivity contribution in [3.63, 3.8) is 0 Å². The third-order valence-corrected chi connectivity index (χ3v) is 3.89. The van der Waals surface area contributed by atoms with Crippen molar-refractivity contribution in [1.29, 1.82) is 0 Å². The Morgan fingerprint density at radius 2 is 2.22 bits per heavy atom. The van der Waals surface area contributed by atoms with E-state index in [9.17, 15) is 4.39 Å². The zero-order chi connectivity index (χ0) is 13.2. The number of morpholine rings is 1. The molecule has 2 rings (SSSR count). The van der Waals surface area contributed by atoms with Crippen LogP contribution in [-0.2, 0) is 10.4 Å². The van der Waals surface area contributed by atoms with Crippen LogP contribution in [0.4, 0.5) is 4.39 Å². The van der Waals surface area contributed by atoms with E-state index in [0.717, 1.165) is 6.54 Å². The second-order valence-electron chi connectivity index (χ2n) is 4.76. The van der Waals surface area contributed by atoms with Gasteiger partial charge in [-0.1, -0.05) is 29.3 Å². The number of alkyl halides is 1. The lowest BCUT2D eigenvalue weighted by Crippen LogP contribution is -2.44. The fourth-order valence-corrected chi connectivity index (χ4v) is 2.45. The van der Waals surface area contributed by atoms with Crippen LogP contribution < -0.4 is 5.32 Å². The third-order valence-electron chi connectivity index (χ3n) is 3.15. The van der Waals surface area contributed by atoms with Gasteiger partial charge in [-0.3, -0.25) is 0 Å². The molecule has 18 heavy (non-hydrogen) atoms. The van der Waals surface area contributed by atoms with Crippen molar-refractivity contribution in [3.05, 3.63) is 33.8 Å². The lowest BCUT2D eigenvalue weighted by Gasteiger charge is -2.30. The summed E-state index contributed by atoms with van der Waals surface area (Å²) in [4.78, 5) is 0. The topological polar surface area (TPSA) is 21.3 Å². The van der Waals surface area contributed by atoms with Crippen LogP contribution in [0, 0.1) is 0 Å². The molecule has 1 N–H and O–H groups in total. The molecular formula is C13H16Cl2FNO. The Bertz CT molecular complexity index is 419. The Labute approximate surface area is 116 Å². The summed E-state index contributed by atoms with van der Waals surface area (Å²) in [5.74, 6) is 0. The molecule has 5 heteroatoms. The van der Waals surface area contributed by atoms with Gasteiger partial charge in [0.1, 0.15) is 5.67 Å². The fourth-order valence-electron chi connectivity index (χ4n) is 2.15. The number of ether oxygens (including phenoxy) is 1. The Balaban J connectivity index is 2.10. The van der Waals surface area contributed by atoms with E-state index in [0.29, 0.717) is 35.2 Å². The van der Waals surface area contributed by atoms with Crippen molar-refractivity contribution in [1.82, 2.24) is 5.32 Å². The first kappa shape index (κ1) is 14.1. The van der Waals surface area contributed by atoms with E-state index in [1.807, 2.05) is 0 Å². The van der Waals surface area contributed by atoms with Gasteiger partial charge < -0.3 is 10.1 Å². The van der Waals surface area contributed by atoms with E-state index in [4.69, 9.17) is 27.9 Å². The molecule has 0 spiro atoms. The van der Waals surface area contributed by atoms with Crippen molar-refractivity contribution in [2.75, 3.05) is 19.8 Å². The van der Waals surface area contributed by atoms with E-state index >= 15 is 0 Å². The third kappa shape index (κ3) is 3.35. The van der Waals surface area contributed by atoms with Crippen molar-refractivity contribution in [3.8, 4) is 0 Å². The van der Waals surface area contributed by atoms with E-state index in [1.54, 1.807) is 25.1 Å². The SMILES string of the molecule is CC(F)(CC1COCCN1)c1ccc(Cl)c(Cl)c1. The molecule has 1 aromatic carbocycles. The van der Waals surface area contributed by atoms with Crippen LogP contribution in [0.15, 0.2) is 18.2 Å². The molecule has 0 radical (unpaired) electrons. The first-order valence-corrected chi connectivity index (χ1v) is 6.70. The highest BCUT2D eigenvalue weighted by molar-refractivity contribution is 6.42. The average Bonchev–Trinajstić information content (AvgIpc) is 2.33. The maximum absolute atomic E-state index is 14.7. The first-order chi connectivity index (χ1) is 8.49. The molecule has 1 aliphatic rings. The van der Waals surface area contributed by atoms with Gasteiger partial charge in [0.15, 0.2) is 0 Å². The van der Waals surface area contributed by atoms with Crippen LogP contribution in [-0.4, -0.2) is 25.8 Å². The van der Waals surface area contributed by atoms with Crippen molar-refractivity contribution >= 4 is 23.2 Å².